The van der Waals surface area contributed by atoms with Gasteiger partial charge in [0.25, 0.3) is 0 Å². The SMILES string of the molecule is COCCCC(=O)N1CC[C@@H](N)C1. The average Bonchev–Trinajstić information content (AvgIpc) is 2.52. The highest BCUT2D eigenvalue weighted by Crippen LogP contribution is 2.09. The van der Waals surface area contributed by atoms with Crippen molar-refractivity contribution < 1.29 is 9.53 Å². The summed E-state index contributed by atoms with van der Waals surface area (Å²) in [6.07, 6.45) is 2.33. The van der Waals surface area contributed by atoms with Gasteiger partial charge in [0.05, 0.1) is 0 Å². The highest BCUT2D eigenvalue weighted by Gasteiger charge is 2.22. The molecule has 0 aliphatic carbocycles. The molecule has 0 aromatic heterocycles. The molecule has 0 aromatic carbocycles. The van der Waals surface area contributed by atoms with E-state index < -0.39 is 0 Å². The van der Waals surface area contributed by atoms with Crippen LogP contribution in [-0.4, -0.2) is 43.7 Å². The predicted octanol–water partition coefficient (Wildman–Crippen LogP) is -0.0274. The lowest BCUT2D eigenvalue weighted by atomic mass is 10.3. The van der Waals surface area contributed by atoms with Crippen molar-refractivity contribution in [2.24, 2.45) is 5.73 Å². The molecule has 1 fully saturated rings. The summed E-state index contributed by atoms with van der Waals surface area (Å²) in [6.45, 7) is 2.21. The van der Waals surface area contributed by atoms with Crippen molar-refractivity contribution in [2.75, 3.05) is 26.8 Å². The Bertz CT molecular complexity index is 173. The Labute approximate surface area is 79.0 Å². The highest BCUT2D eigenvalue weighted by molar-refractivity contribution is 5.76. The molecule has 0 saturated carbocycles. The molecule has 1 rings (SSSR count). The maximum absolute atomic E-state index is 11.5. The second-order valence-electron chi connectivity index (χ2n) is 3.48. The van der Waals surface area contributed by atoms with Crippen LogP contribution in [-0.2, 0) is 9.53 Å². The average molecular weight is 186 g/mol. The molecule has 0 unspecified atom stereocenters. The van der Waals surface area contributed by atoms with E-state index in [0.29, 0.717) is 13.0 Å². The zero-order valence-electron chi connectivity index (χ0n) is 8.16. The van der Waals surface area contributed by atoms with Crippen LogP contribution in [0.3, 0.4) is 0 Å². The van der Waals surface area contributed by atoms with Crippen LogP contribution in [0.2, 0.25) is 0 Å². The smallest absolute Gasteiger partial charge is 0.222 e. The Morgan fingerprint density at radius 2 is 2.46 bits per heavy atom. The number of carbonyl (C=O) groups is 1. The van der Waals surface area contributed by atoms with Gasteiger partial charge in [0, 0.05) is 39.3 Å². The van der Waals surface area contributed by atoms with Gasteiger partial charge in [0.1, 0.15) is 0 Å². The zero-order valence-corrected chi connectivity index (χ0v) is 8.16. The van der Waals surface area contributed by atoms with Crippen molar-refractivity contribution in [2.45, 2.75) is 25.3 Å². The van der Waals surface area contributed by atoms with Gasteiger partial charge in [-0.3, -0.25) is 4.79 Å². The number of nitrogens with zero attached hydrogens (tertiary/aromatic N) is 1. The molecule has 1 heterocycles. The molecule has 1 amide bonds. The van der Waals surface area contributed by atoms with E-state index in [1.807, 2.05) is 4.90 Å². The zero-order chi connectivity index (χ0) is 9.68. The Morgan fingerprint density at radius 3 is 3.00 bits per heavy atom. The van der Waals surface area contributed by atoms with E-state index in [4.69, 9.17) is 10.5 Å². The van der Waals surface area contributed by atoms with Crippen LogP contribution >= 0.6 is 0 Å². The van der Waals surface area contributed by atoms with Gasteiger partial charge in [-0.2, -0.15) is 0 Å². The fourth-order valence-electron chi connectivity index (χ4n) is 1.54. The maximum Gasteiger partial charge on any atom is 0.222 e. The van der Waals surface area contributed by atoms with Crippen LogP contribution in [0.25, 0.3) is 0 Å². The first-order valence-electron chi connectivity index (χ1n) is 4.76. The van der Waals surface area contributed by atoms with Gasteiger partial charge in [-0.15, -0.1) is 0 Å². The first kappa shape index (κ1) is 10.5. The first-order valence-corrected chi connectivity index (χ1v) is 4.76. The number of methoxy groups -OCH3 is 1. The van der Waals surface area contributed by atoms with E-state index in [-0.39, 0.29) is 11.9 Å². The standard InChI is InChI=1S/C9H18N2O2/c1-13-6-2-3-9(12)11-5-4-8(10)7-11/h8H,2-7,10H2,1H3/t8-/m1/s1. The van der Waals surface area contributed by atoms with Crippen molar-refractivity contribution in [3.8, 4) is 0 Å². The Hall–Kier alpha value is -0.610. The van der Waals surface area contributed by atoms with E-state index >= 15 is 0 Å². The summed E-state index contributed by atoms with van der Waals surface area (Å²) in [4.78, 5) is 13.3. The van der Waals surface area contributed by atoms with Gasteiger partial charge in [0.2, 0.25) is 5.91 Å². The summed E-state index contributed by atoms with van der Waals surface area (Å²) in [5.41, 5.74) is 5.70. The van der Waals surface area contributed by atoms with E-state index in [9.17, 15) is 4.79 Å². The van der Waals surface area contributed by atoms with Crippen LogP contribution in [0, 0.1) is 0 Å². The van der Waals surface area contributed by atoms with Crippen LogP contribution in [0.1, 0.15) is 19.3 Å². The van der Waals surface area contributed by atoms with E-state index in [1.54, 1.807) is 7.11 Å². The topological polar surface area (TPSA) is 55.6 Å². The summed E-state index contributed by atoms with van der Waals surface area (Å²) < 4.78 is 4.88. The molecule has 0 aromatic rings. The number of hydrogen-bond donors (Lipinski definition) is 1. The van der Waals surface area contributed by atoms with E-state index in [2.05, 4.69) is 0 Å². The van der Waals surface area contributed by atoms with Crippen LogP contribution < -0.4 is 5.73 Å². The number of carbonyl (C=O) groups excluding carboxylic acids is 1. The quantitative estimate of drug-likeness (QED) is 0.627. The van der Waals surface area contributed by atoms with Crippen LogP contribution in [0.5, 0.6) is 0 Å². The van der Waals surface area contributed by atoms with Gasteiger partial charge in [0.15, 0.2) is 0 Å². The molecule has 76 valence electrons. The Kier molecular flexibility index (Phi) is 4.18. The van der Waals surface area contributed by atoms with Gasteiger partial charge >= 0.3 is 0 Å². The lowest BCUT2D eigenvalue weighted by Gasteiger charge is -2.15. The molecule has 1 saturated heterocycles. The monoisotopic (exact) mass is 186 g/mol. The molecule has 13 heavy (non-hydrogen) atoms. The molecular formula is C9H18N2O2. The number of likely N-dealkylation sites (tertiary alicyclic amines) is 1. The molecule has 1 aliphatic rings. The van der Waals surface area contributed by atoms with Gasteiger partial charge in [-0.1, -0.05) is 0 Å². The van der Waals surface area contributed by atoms with Crippen molar-refractivity contribution in [1.82, 2.24) is 4.90 Å². The number of amides is 1. The minimum Gasteiger partial charge on any atom is -0.385 e. The first-order chi connectivity index (χ1) is 6.24. The lowest BCUT2D eigenvalue weighted by molar-refractivity contribution is -0.130. The lowest BCUT2D eigenvalue weighted by Crippen LogP contribution is -2.31. The van der Waals surface area contributed by atoms with Crippen LogP contribution in [0.4, 0.5) is 0 Å². The van der Waals surface area contributed by atoms with Crippen molar-refractivity contribution in [3.05, 3.63) is 0 Å². The summed E-state index contributed by atoms with van der Waals surface area (Å²) in [5.74, 6) is 0.213. The van der Waals surface area contributed by atoms with Gasteiger partial charge < -0.3 is 15.4 Å². The molecule has 0 radical (unpaired) electrons. The minimum absolute atomic E-state index is 0.186. The van der Waals surface area contributed by atoms with Crippen molar-refractivity contribution in [1.29, 1.82) is 0 Å². The summed E-state index contributed by atoms with van der Waals surface area (Å²) in [5, 5.41) is 0. The molecule has 0 bridgehead atoms. The molecular weight excluding hydrogens is 168 g/mol. The van der Waals surface area contributed by atoms with E-state index in [1.165, 1.54) is 0 Å². The molecule has 1 aliphatic heterocycles. The number of rotatable bonds is 4. The molecule has 1 atom stereocenters. The largest absolute Gasteiger partial charge is 0.385 e. The third-order valence-electron chi connectivity index (χ3n) is 2.32. The van der Waals surface area contributed by atoms with Crippen LogP contribution in [0.15, 0.2) is 0 Å². The second-order valence-corrected chi connectivity index (χ2v) is 3.48. The Balaban J connectivity index is 2.16. The molecule has 0 spiro atoms. The Morgan fingerprint density at radius 1 is 1.69 bits per heavy atom. The summed E-state index contributed by atoms with van der Waals surface area (Å²) in [7, 11) is 1.65. The van der Waals surface area contributed by atoms with E-state index in [0.717, 1.165) is 25.9 Å². The fourth-order valence-corrected chi connectivity index (χ4v) is 1.54. The fraction of sp³-hybridized carbons (Fsp3) is 0.889. The summed E-state index contributed by atoms with van der Waals surface area (Å²) in [6, 6.07) is 0.186. The van der Waals surface area contributed by atoms with Gasteiger partial charge in [-0.05, 0) is 12.8 Å². The number of hydrogen-bond acceptors (Lipinski definition) is 3. The number of ether oxygens (including phenoxy) is 1. The number of nitrogens with two attached hydrogens (primary N) is 1. The maximum atomic E-state index is 11.5. The molecule has 4 heteroatoms. The predicted molar refractivity (Wildman–Crippen MR) is 50.3 cm³/mol. The second kappa shape index (κ2) is 5.19. The molecule has 4 nitrogen and oxygen atoms in total. The van der Waals surface area contributed by atoms with Gasteiger partial charge in [-0.25, -0.2) is 0 Å². The van der Waals surface area contributed by atoms with Crippen molar-refractivity contribution >= 4 is 5.91 Å². The highest BCUT2D eigenvalue weighted by atomic mass is 16.5. The summed E-state index contributed by atoms with van der Waals surface area (Å²) >= 11 is 0. The third-order valence-corrected chi connectivity index (χ3v) is 2.32. The van der Waals surface area contributed by atoms with Crippen molar-refractivity contribution in [3.63, 3.8) is 0 Å². The normalized spacial score (nSPS) is 22.3. The third kappa shape index (κ3) is 3.32. The molecule has 2 N–H and O–H groups in total. The minimum atomic E-state index is 0.186.